The van der Waals surface area contributed by atoms with Gasteiger partial charge in [0.05, 0.1) is 10.0 Å². The first-order valence-electron chi connectivity index (χ1n) is 6.77. The van der Waals surface area contributed by atoms with Crippen LogP contribution in [0.2, 0.25) is 0 Å². The van der Waals surface area contributed by atoms with Crippen LogP contribution in [0, 0.1) is 0 Å². The molecule has 0 bridgehead atoms. The molecule has 0 aliphatic carbocycles. The van der Waals surface area contributed by atoms with E-state index in [2.05, 4.69) is 38.8 Å². The van der Waals surface area contributed by atoms with E-state index < -0.39 is 0 Å². The molecule has 0 atom stereocenters. The van der Waals surface area contributed by atoms with Crippen molar-refractivity contribution in [1.29, 1.82) is 0 Å². The molecular weight excluding hydrogens is 372 g/mol. The van der Waals surface area contributed by atoms with Crippen LogP contribution in [0.25, 0.3) is 0 Å². The number of Topliss-reactive ketones (excluding diaryl/α,β-unsaturated/α-hetero) is 1. The highest BCUT2D eigenvalue weighted by Gasteiger charge is 2.14. The number of phenols is 1. The van der Waals surface area contributed by atoms with E-state index in [1.807, 2.05) is 0 Å². The summed E-state index contributed by atoms with van der Waals surface area (Å²) in [5, 5.41) is 9.88. The Hall–Kier alpha value is -0.350. The standard InChI is InChI=1S/C15H20Br2O2/c1-2-3-4-5-6-7-8-14(18)12-9-11(16)10-13(17)15(12)19/h9-10,19H,2-8H2,1H3. The van der Waals surface area contributed by atoms with Gasteiger partial charge in [0.2, 0.25) is 0 Å². The van der Waals surface area contributed by atoms with E-state index in [-0.39, 0.29) is 11.5 Å². The zero-order valence-corrected chi connectivity index (χ0v) is 14.4. The quantitative estimate of drug-likeness (QED) is 0.445. The number of carbonyl (C=O) groups excluding carboxylic acids is 1. The van der Waals surface area contributed by atoms with Crippen molar-refractivity contribution in [3.8, 4) is 5.75 Å². The molecule has 106 valence electrons. The fourth-order valence-corrected chi connectivity index (χ4v) is 3.20. The molecule has 1 aromatic rings. The number of halogens is 2. The average Bonchev–Trinajstić information content (AvgIpc) is 2.37. The van der Waals surface area contributed by atoms with Crippen molar-refractivity contribution >= 4 is 37.6 Å². The highest BCUT2D eigenvalue weighted by Crippen LogP contribution is 2.32. The molecule has 1 rings (SSSR count). The van der Waals surface area contributed by atoms with Crippen molar-refractivity contribution in [3.63, 3.8) is 0 Å². The zero-order chi connectivity index (χ0) is 14.3. The van der Waals surface area contributed by atoms with Crippen molar-refractivity contribution in [2.75, 3.05) is 0 Å². The van der Waals surface area contributed by atoms with Gasteiger partial charge in [-0.3, -0.25) is 4.79 Å². The van der Waals surface area contributed by atoms with Gasteiger partial charge in [-0.15, -0.1) is 0 Å². The molecule has 2 nitrogen and oxygen atoms in total. The van der Waals surface area contributed by atoms with Crippen molar-refractivity contribution in [2.24, 2.45) is 0 Å². The Balaban J connectivity index is 2.46. The van der Waals surface area contributed by atoms with Gasteiger partial charge in [0.25, 0.3) is 0 Å². The average molecular weight is 392 g/mol. The monoisotopic (exact) mass is 390 g/mol. The van der Waals surface area contributed by atoms with E-state index >= 15 is 0 Å². The third kappa shape index (κ3) is 5.65. The minimum Gasteiger partial charge on any atom is -0.506 e. The van der Waals surface area contributed by atoms with Crippen LogP contribution in [-0.4, -0.2) is 10.9 Å². The Morgan fingerprint density at radius 2 is 1.74 bits per heavy atom. The van der Waals surface area contributed by atoms with E-state index in [9.17, 15) is 9.90 Å². The summed E-state index contributed by atoms with van der Waals surface area (Å²) in [4.78, 5) is 12.1. The third-order valence-electron chi connectivity index (χ3n) is 3.09. The smallest absolute Gasteiger partial charge is 0.166 e. The highest BCUT2D eigenvalue weighted by molar-refractivity contribution is 9.11. The number of benzene rings is 1. The molecule has 0 radical (unpaired) electrons. The predicted octanol–water partition coefficient (Wildman–Crippen LogP) is 5.85. The van der Waals surface area contributed by atoms with Gasteiger partial charge < -0.3 is 5.11 Å². The van der Waals surface area contributed by atoms with E-state index in [0.29, 0.717) is 16.5 Å². The number of hydrogen-bond acceptors (Lipinski definition) is 2. The van der Waals surface area contributed by atoms with E-state index in [1.54, 1.807) is 12.1 Å². The largest absolute Gasteiger partial charge is 0.506 e. The van der Waals surface area contributed by atoms with Crippen LogP contribution in [0.4, 0.5) is 0 Å². The van der Waals surface area contributed by atoms with Crippen LogP contribution in [0.1, 0.15) is 62.2 Å². The van der Waals surface area contributed by atoms with Crippen LogP contribution >= 0.6 is 31.9 Å². The summed E-state index contributed by atoms with van der Waals surface area (Å²) in [5.41, 5.74) is 0.398. The lowest BCUT2D eigenvalue weighted by atomic mass is 10.0. The summed E-state index contributed by atoms with van der Waals surface area (Å²) in [6, 6.07) is 3.41. The lowest BCUT2D eigenvalue weighted by Crippen LogP contribution is -2.00. The minimum atomic E-state index is 0.00925. The molecule has 0 aliphatic rings. The Morgan fingerprint density at radius 1 is 1.11 bits per heavy atom. The Bertz CT molecular complexity index is 430. The summed E-state index contributed by atoms with van der Waals surface area (Å²) in [7, 11) is 0. The normalized spacial score (nSPS) is 10.7. The summed E-state index contributed by atoms with van der Waals surface area (Å²) in [6.45, 7) is 2.19. The van der Waals surface area contributed by atoms with Crippen LogP contribution < -0.4 is 0 Å². The molecule has 0 aliphatic heterocycles. The van der Waals surface area contributed by atoms with Crippen LogP contribution in [0.5, 0.6) is 5.75 Å². The molecule has 4 heteroatoms. The second kappa shape index (κ2) is 8.75. The van der Waals surface area contributed by atoms with Gasteiger partial charge in [0.15, 0.2) is 5.78 Å². The van der Waals surface area contributed by atoms with Crippen LogP contribution in [0.3, 0.4) is 0 Å². The second-order valence-corrected chi connectivity index (χ2v) is 6.49. The summed E-state index contributed by atoms with van der Waals surface area (Å²) < 4.78 is 1.34. The van der Waals surface area contributed by atoms with E-state index in [4.69, 9.17) is 0 Å². The zero-order valence-electron chi connectivity index (χ0n) is 11.2. The number of hydrogen-bond donors (Lipinski definition) is 1. The van der Waals surface area contributed by atoms with Crippen LogP contribution in [-0.2, 0) is 0 Å². The number of unbranched alkanes of at least 4 members (excludes halogenated alkanes) is 5. The number of carbonyl (C=O) groups is 1. The number of aromatic hydroxyl groups is 1. The maximum atomic E-state index is 12.1. The molecule has 0 amide bonds. The van der Waals surface area contributed by atoms with Gasteiger partial charge in [-0.25, -0.2) is 0 Å². The van der Waals surface area contributed by atoms with Crippen LogP contribution in [0.15, 0.2) is 21.1 Å². The molecule has 19 heavy (non-hydrogen) atoms. The van der Waals surface area contributed by atoms with Gasteiger partial charge in [-0.1, -0.05) is 55.0 Å². The molecule has 0 saturated carbocycles. The van der Waals surface area contributed by atoms with Crippen molar-refractivity contribution in [1.82, 2.24) is 0 Å². The van der Waals surface area contributed by atoms with Gasteiger partial charge in [0.1, 0.15) is 5.75 Å². The second-order valence-electron chi connectivity index (χ2n) is 4.72. The molecule has 0 spiro atoms. The SMILES string of the molecule is CCCCCCCCC(=O)c1cc(Br)cc(Br)c1O. The fraction of sp³-hybridized carbons (Fsp3) is 0.533. The molecule has 0 saturated heterocycles. The van der Waals surface area contributed by atoms with Gasteiger partial charge in [0, 0.05) is 10.9 Å². The van der Waals surface area contributed by atoms with Crippen molar-refractivity contribution < 1.29 is 9.90 Å². The molecule has 1 N–H and O–H groups in total. The number of ketones is 1. The summed E-state index contributed by atoms with van der Waals surface area (Å²) in [5.74, 6) is 0.0502. The van der Waals surface area contributed by atoms with Crippen molar-refractivity contribution in [2.45, 2.75) is 51.9 Å². The Kier molecular flexibility index (Phi) is 7.69. The van der Waals surface area contributed by atoms with E-state index in [1.165, 1.54) is 25.7 Å². The first kappa shape index (κ1) is 16.7. The molecular formula is C15H20Br2O2. The topological polar surface area (TPSA) is 37.3 Å². The predicted molar refractivity (Wildman–Crippen MR) is 85.8 cm³/mol. The molecule has 0 fully saturated rings. The Morgan fingerprint density at radius 3 is 2.42 bits per heavy atom. The van der Waals surface area contributed by atoms with Gasteiger partial charge in [-0.05, 0) is 34.5 Å². The summed E-state index contributed by atoms with van der Waals surface area (Å²) >= 11 is 6.58. The number of phenolic OH excluding ortho intramolecular Hbond substituents is 1. The maximum Gasteiger partial charge on any atom is 0.166 e. The highest BCUT2D eigenvalue weighted by atomic mass is 79.9. The lowest BCUT2D eigenvalue weighted by molar-refractivity contribution is 0.0976. The Labute approximate surface area is 131 Å². The minimum absolute atomic E-state index is 0.00925. The third-order valence-corrected chi connectivity index (χ3v) is 4.15. The maximum absolute atomic E-state index is 12.1. The molecule has 1 aromatic carbocycles. The first-order valence-corrected chi connectivity index (χ1v) is 8.36. The number of rotatable bonds is 8. The fourth-order valence-electron chi connectivity index (χ4n) is 1.98. The summed E-state index contributed by atoms with van der Waals surface area (Å²) in [6.07, 6.45) is 7.43. The first-order chi connectivity index (χ1) is 9.06. The van der Waals surface area contributed by atoms with Gasteiger partial charge in [-0.2, -0.15) is 0 Å². The molecule has 0 aromatic heterocycles. The van der Waals surface area contributed by atoms with Crippen molar-refractivity contribution in [3.05, 3.63) is 26.6 Å². The lowest BCUT2D eigenvalue weighted by Gasteiger charge is -2.07. The molecule has 0 heterocycles. The molecule has 0 unspecified atom stereocenters. The van der Waals surface area contributed by atoms with Gasteiger partial charge >= 0.3 is 0 Å². The van der Waals surface area contributed by atoms with E-state index in [0.717, 1.165) is 17.3 Å².